The number of piperidine rings is 1. The Hall–Kier alpha value is -2.22. The molecule has 0 N–H and O–H groups in total. The number of hydrogen-bond donors (Lipinski definition) is 0. The van der Waals surface area contributed by atoms with Crippen LogP contribution in [-0.2, 0) is 20.9 Å². The van der Waals surface area contributed by atoms with Crippen LogP contribution < -0.4 is 5.69 Å². The number of carbonyl (C=O) groups is 2. The first-order valence-electron chi connectivity index (χ1n) is 9.47. The standard InChI is InChI=1S/C19H28N4O4/c1-14-11-15(2)23(18(26)20-14)12-16(24)22-8-6-19(13-22)5-4-7-21(17(19)25)9-10-27-3/h11H,4-10,12-13H2,1-3H3. The van der Waals surface area contributed by atoms with Crippen LogP contribution in [0.4, 0.5) is 0 Å². The number of ether oxygens (including phenoxy) is 1. The summed E-state index contributed by atoms with van der Waals surface area (Å²) < 4.78 is 6.50. The molecule has 2 aliphatic heterocycles. The van der Waals surface area contributed by atoms with Gasteiger partial charge in [0.1, 0.15) is 6.54 Å². The van der Waals surface area contributed by atoms with Gasteiger partial charge in [-0.2, -0.15) is 4.98 Å². The van der Waals surface area contributed by atoms with Gasteiger partial charge >= 0.3 is 5.69 Å². The van der Waals surface area contributed by atoms with E-state index in [0.717, 1.165) is 19.4 Å². The van der Waals surface area contributed by atoms with E-state index in [0.29, 0.717) is 44.0 Å². The molecule has 8 heteroatoms. The molecule has 148 valence electrons. The second-order valence-corrected chi connectivity index (χ2v) is 7.64. The summed E-state index contributed by atoms with van der Waals surface area (Å²) in [5.74, 6) is -0.00371. The van der Waals surface area contributed by atoms with Gasteiger partial charge < -0.3 is 14.5 Å². The average molecular weight is 376 g/mol. The van der Waals surface area contributed by atoms with Gasteiger partial charge in [-0.1, -0.05) is 0 Å². The zero-order valence-corrected chi connectivity index (χ0v) is 16.4. The summed E-state index contributed by atoms with van der Waals surface area (Å²) in [5.41, 5.74) is 0.474. The van der Waals surface area contributed by atoms with Gasteiger partial charge in [0.05, 0.1) is 12.0 Å². The Morgan fingerprint density at radius 1 is 1.26 bits per heavy atom. The highest BCUT2D eigenvalue weighted by molar-refractivity contribution is 5.86. The van der Waals surface area contributed by atoms with Crippen LogP contribution in [0.2, 0.25) is 0 Å². The first kappa shape index (κ1) is 19.5. The van der Waals surface area contributed by atoms with Crippen molar-refractivity contribution in [2.45, 2.75) is 39.7 Å². The van der Waals surface area contributed by atoms with Crippen molar-refractivity contribution in [3.63, 3.8) is 0 Å². The van der Waals surface area contributed by atoms with Crippen LogP contribution in [-0.4, -0.2) is 71.1 Å². The largest absolute Gasteiger partial charge is 0.383 e. The minimum absolute atomic E-state index is 0.0321. The van der Waals surface area contributed by atoms with Crippen LogP contribution in [0, 0.1) is 19.3 Å². The molecule has 3 heterocycles. The number of amides is 2. The molecule has 1 unspecified atom stereocenters. The summed E-state index contributed by atoms with van der Waals surface area (Å²) in [5, 5.41) is 0. The quantitative estimate of drug-likeness (QED) is 0.740. The Morgan fingerprint density at radius 3 is 2.74 bits per heavy atom. The molecule has 0 saturated carbocycles. The van der Waals surface area contributed by atoms with Gasteiger partial charge in [0, 0.05) is 44.7 Å². The SMILES string of the molecule is COCCN1CCCC2(CCN(C(=O)Cn3c(C)cc(C)nc3=O)C2)C1=O. The highest BCUT2D eigenvalue weighted by atomic mass is 16.5. The molecule has 2 aliphatic rings. The molecule has 8 nitrogen and oxygen atoms in total. The number of aromatic nitrogens is 2. The van der Waals surface area contributed by atoms with Crippen LogP contribution in [0.25, 0.3) is 0 Å². The molecule has 3 rings (SSSR count). The summed E-state index contributed by atoms with van der Waals surface area (Å²) in [6.45, 7) is 6.37. The molecule has 2 fully saturated rings. The highest BCUT2D eigenvalue weighted by Gasteiger charge is 2.49. The Balaban J connectivity index is 1.69. The molecule has 1 aromatic heterocycles. The number of rotatable bonds is 5. The van der Waals surface area contributed by atoms with Gasteiger partial charge in [-0.05, 0) is 39.2 Å². The summed E-state index contributed by atoms with van der Waals surface area (Å²) in [6.07, 6.45) is 2.43. The summed E-state index contributed by atoms with van der Waals surface area (Å²) in [6, 6.07) is 1.79. The lowest BCUT2D eigenvalue weighted by atomic mass is 9.78. The van der Waals surface area contributed by atoms with Crippen molar-refractivity contribution in [3.05, 3.63) is 27.9 Å². The van der Waals surface area contributed by atoms with Gasteiger partial charge in [-0.25, -0.2) is 4.79 Å². The summed E-state index contributed by atoms with van der Waals surface area (Å²) in [4.78, 5) is 45.4. The average Bonchev–Trinajstić information content (AvgIpc) is 3.04. The van der Waals surface area contributed by atoms with E-state index < -0.39 is 11.1 Å². The van der Waals surface area contributed by atoms with Crippen LogP contribution >= 0.6 is 0 Å². The second kappa shape index (κ2) is 7.80. The van der Waals surface area contributed by atoms with Crippen LogP contribution in [0.1, 0.15) is 30.7 Å². The lowest BCUT2D eigenvalue weighted by molar-refractivity contribution is -0.146. The lowest BCUT2D eigenvalue weighted by Crippen LogP contribution is -2.51. The van der Waals surface area contributed by atoms with Gasteiger partial charge in [0.15, 0.2) is 0 Å². The number of likely N-dealkylation sites (tertiary alicyclic amines) is 2. The minimum Gasteiger partial charge on any atom is -0.383 e. The molecule has 1 atom stereocenters. The van der Waals surface area contributed by atoms with E-state index in [4.69, 9.17) is 4.74 Å². The second-order valence-electron chi connectivity index (χ2n) is 7.64. The summed E-state index contributed by atoms with van der Waals surface area (Å²) in [7, 11) is 1.63. The maximum Gasteiger partial charge on any atom is 0.348 e. The van der Waals surface area contributed by atoms with Gasteiger partial charge in [-0.15, -0.1) is 0 Å². The monoisotopic (exact) mass is 376 g/mol. The zero-order valence-electron chi connectivity index (χ0n) is 16.4. The predicted octanol–water partition coefficient (Wildman–Crippen LogP) is 0.348. The minimum atomic E-state index is -0.479. The zero-order chi connectivity index (χ0) is 19.6. The molecule has 27 heavy (non-hydrogen) atoms. The van der Waals surface area contributed by atoms with Crippen molar-refractivity contribution >= 4 is 11.8 Å². The topological polar surface area (TPSA) is 84.7 Å². The normalized spacial score (nSPS) is 22.7. The van der Waals surface area contributed by atoms with Gasteiger partial charge in [0.2, 0.25) is 11.8 Å². The van der Waals surface area contributed by atoms with E-state index in [-0.39, 0.29) is 18.4 Å². The number of aryl methyl sites for hydroxylation is 2. The molecule has 2 amide bonds. The van der Waals surface area contributed by atoms with E-state index in [1.165, 1.54) is 4.57 Å². The third-order valence-corrected chi connectivity index (χ3v) is 5.74. The van der Waals surface area contributed by atoms with Crippen LogP contribution in [0.5, 0.6) is 0 Å². The van der Waals surface area contributed by atoms with Crippen molar-refractivity contribution in [1.29, 1.82) is 0 Å². The van der Waals surface area contributed by atoms with Crippen molar-refractivity contribution in [2.75, 3.05) is 39.9 Å². The van der Waals surface area contributed by atoms with E-state index in [1.54, 1.807) is 31.9 Å². The van der Waals surface area contributed by atoms with Crippen molar-refractivity contribution in [3.8, 4) is 0 Å². The molecule has 0 radical (unpaired) electrons. The molecule has 1 aromatic rings. The number of nitrogens with zero attached hydrogens (tertiary/aromatic N) is 4. The lowest BCUT2D eigenvalue weighted by Gasteiger charge is -2.39. The van der Waals surface area contributed by atoms with Crippen molar-refractivity contribution in [2.24, 2.45) is 5.41 Å². The fourth-order valence-electron chi connectivity index (χ4n) is 4.23. The number of methoxy groups -OCH3 is 1. The van der Waals surface area contributed by atoms with E-state index in [2.05, 4.69) is 4.98 Å². The third kappa shape index (κ3) is 3.90. The maximum absolute atomic E-state index is 13.0. The summed E-state index contributed by atoms with van der Waals surface area (Å²) >= 11 is 0. The van der Waals surface area contributed by atoms with Crippen molar-refractivity contribution in [1.82, 2.24) is 19.4 Å². The van der Waals surface area contributed by atoms with E-state index in [1.807, 2.05) is 4.90 Å². The maximum atomic E-state index is 13.0. The van der Waals surface area contributed by atoms with Crippen LogP contribution in [0.15, 0.2) is 10.9 Å². The van der Waals surface area contributed by atoms with Crippen LogP contribution in [0.3, 0.4) is 0 Å². The third-order valence-electron chi connectivity index (χ3n) is 5.74. The first-order chi connectivity index (χ1) is 12.9. The number of hydrogen-bond acceptors (Lipinski definition) is 5. The molecule has 2 saturated heterocycles. The van der Waals surface area contributed by atoms with Gasteiger partial charge in [0.25, 0.3) is 0 Å². The Labute approximate surface area is 159 Å². The molecule has 1 spiro atoms. The molecule has 0 bridgehead atoms. The van der Waals surface area contributed by atoms with E-state index in [9.17, 15) is 14.4 Å². The Kier molecular flexibility index (Phi) is 5.64. The molecule has 0 aliphatic carbocycles. The number of carbonyl (C=O) groups excluding carboxylic acids is 2. The van der Waals surface area contributed by atoms with Crippen molar-refractivity contribution < 1.29 is 14.3 Å². The van der Waals surface area contributed by atoms with E-state index >= 15 is 0 Å². The smallest absolute Gasteiger partial charge is 0.348 e. The molecule has 0 aromatic carbocycles. The van der Waals surface area contributed by atoms with Gasteiger partial charge in [-0.3, -0.25) is 14.2 Å². The fourth-order valence-corrected chi connectivity index (χ4v) is 4.23. The predicted molar refractivity (Wildman–Crippen MR) is 99.3 cm³/mol. The Bertz CT molecular complexity index is 790. The molecular formula is C19H28N4O4. The highest BCUT2D eigenvalue weighted by Crippen LogP contribution is 2.40. The fraction of sp³-hybridized carbons (Fsp3) is 0.684. The first-order valence-corrected chi connectivity index (χ1v) is 9.47. The molecular weight excluding hydrogens is 348 g/mol. The Morgan fingerprint density at radius 2 is 2.04 bits per heavy atom.